The van der Waals surface area contributed by atoms with Gasteiger partial charge in [-0.15, -0.1) is 0 Å². The van der Waals surface area contributed by atoms with E-state index in [-0.39, 0.29) is 0 Å². The van der Waals surface area contributed by atoms with Crippen LogP contribution < -0.4 is 0 Å². The number of esters is 1. The van der Waals surface area contributed by atoms with Gasteiger partial charge in [-0.05, 0) is 6.92 Å². The standard InChI is InChI=1S/C5H8O3/c1-2-3-5(7)8-4-6/h2-3,6H,4H2,1H3/b3-2+. The van der Waals surface area contributed by atoms with Crippen molar-refractivity contribution in [1.82, 2.24) is 0 Å². The van der Waals surface area contributed by atoms with Crippen LogP contribution in [0.2, 0.25) is 0 Å². The minimum absolute atomic E-state index is 0.519. The molecule has 0 aromatic heterocycles. The van der Waals surface area contributed by atoms with Gasteiger partial charge >= 0.3 is 5.97 Å². The van der Waals surface area contributed by atoms with Crippen molar-refractivity contribution >= 4 is 5.97 Å². The Hall–Kier alpha value is -0.830. The van der Waals surface area contributed by atoms with E-state index in [2.05, 4.69) is 4.74 Å². The van der Waals surface area contributed by atoms with Gasteiger partial charge in [0.25, 0.3) is 0 Å². The van der Waals surface area contributed by atoms with Crippen molar-refractivity contribution in [2.75, 3.05) is 6.79 Å². The molecule has 3 nitrogen and oxygen atoms in total. The topological polar surface area (TPSA) is 46.5 Å². The fourth-order valence-corrected chi connectivity index (χ4v) is 0.248. The summed E-state index contributed by atoms with van der Waals surface area (Å²) >= 11 is 0. The van der Waals surface area contributed by atoms with Crippen LogP contribution in [0.1, 0.15) is 6.92 Å². The molecule has 0 saturated carbocycles. The lowest BCUT2D eigenvalue weighted by Gasteiger charge is -1.90. The number of aliphatic hydroxyl groups is 1. The molecule has 0 aliphatic heterocycles. The van der Waals surface area contributed by atoms with Crippen LogP contribution in [0, 0.1) is 0 Å². The first-order valence-electron chi connectivity index (χ1n) is 2.21. The maximum Gasteiger partial charge on any atom is 0.332 e. The second kappa shape index (κ2) is 4.33. The largest absolute Gasteiger partial charge is 0.436 e. The zero-order valence-corrected chi connectivity index (χ0v) is 4.63. The van der Waals surface area contributed by atoms with Crippen LogP contribution in [-0.2, 0) is 9.53 Å². The van der Waals surface area contributed by atoms with Crippen molar-refractivity contribution in [2.45, 2.75) is 6.92 Å². The zero-order valence-electron chi connectivity index (χ0n) is 4.63. The number of hydrogen-bond donors (Lipinski definition) is 1. The van der Waals surface area contributed by atoms with Gasteiger partial charge in [0.05, 0.1) is 0 Å². The number of rotatable bonds is 2. The molecule has 0 amide bonds. The summed E-state index contributed by atoms with van der Waals surface area (Å²) in [6.07, 6.45) is 2.77. The highest BCUT2D eigenvalue weighted by Gasteiger charge is 1.89. The molecule has 0 aromatic carbocycles. The summed E-state index contributed by atoms with van der Waals surface area (Å²) in [7, 11) is 0. The Balaban J connectivity index is 3.33. The van der Waals surface area contributed by atoms with Crippen LogP contribution in [-0.4, -0.2) is 17.9 Å². The number of hydrogen-bond acceptors (Lipinski definition) is 3. The maximum atomic E-state index is 10.2. The van der Waals surface area contributed by atoms with Gasteiger partial charge in [0.2, 0.25) is 0 Å². The molecule has 3 heteroatoms. The van der Waals surface area contributed by atoms with E-state index in [0.29, 0.717) is 0 Å². The lowest BCUT2D eigenvalue weighted by molar-refractivity contribution is -0.145. The van der Waals surface area contributed by atoms with Gasteiger partial charge in [0.15, 0.2) is 6.79 Å². The second-order valence-corrected chi connectivity index (χ2v) is 1.09. The third-order valence-corrected chi connectivity index (χ3v) is 0.510. The molecule has 0 spiro atoms. The molecule has 0 radical (unpaired) electrons. The highest BCUT2D eigenvalue weighted by Crippen LogP contribution is 1.76. The zero-order chi connectivity index (χ0) is 6.41. The molecule has 0 bridgehead atoms. The molecule has 0 aliphatic carbocycles. The molecule has 0 fully saturated rings. The average molecular weight is 116 g/mol. The highest BCUT2D eigenvalue weighted by molar-refractivity contribution is 5.81. The Morgan fingerprint density at radius 3 is 2.88 bits per heavy atom. The van der Waals surface area contributed by atoms with E-state index in [1.165, 1.54) is 12.2 Å². The van der Waals surface area contributed by atoms with Crippen molar-refractivity contribution in [3.63, 3.8) is 0 Å². The number of ether oxygens (including phenoxy) is 1. The van der Waals surface area contributed by atoms with Crippen LogP contribution in [0.15, 0.2) is 12.2 Å². The number of carbonyl (C=O) groups excluding carboxylic acids is 1. The van der Waals surface area contributed by atoms with E-state index in [1.807, 2.05) is 0 Å². The van der Waals surface area contributed by atoms with Crippen molar-refractivity contribution in [1.29, 1.82) is 0 Å². The van der Waals surface area contributed by atoms with Crippen LogP contribution in [0.5, 0.6) is 0 Å². The van der Waals surface area contributed by atoms with E-state index in [1.54, 1.807) is 6.92 Å². The number of allylic oxidation sites excluding steroid dienone is 1. The molecule has 0 atom stereocenters. The molecule has 0 heterocycles. The van der Waals surface area contributed by atoms with E-state index in [9.17, 15) is 4.79 Å². The Kier molecular flexibility index (Phi) is 3.88. The van der Waals surface area contributed by atoms with Gasteiger partial charge < -0.3 is 9.84 Å². The van der Waals surface area contributed by atoms with Crippen LogP contribution in [0.25, 0.3) is 0 Å². The molecule has 46 valence electrons. The van der Waals surface area contributed by atoms with Crippen molar-refractivity contribution in [2.24, 2.45) is 0 Å². The molecule has 0 aromatic rings. The quantitative estimate of drug-likeness (QED) is 0.315. The van der Waals surface area contributed by atoms with Crippen LogP contribution >= 0.6 is 0 Å². The normalized spacial score (nSPS) is 9.75. The van der Waals surface area contributed by atoms with Gasteiger partial charge in [0.1, 0.15) is 0 Å². The van der Waals surface area contributed by atoms with E-state index in [0.717, 1.165) is 0 Å². The second-order valence-electron chi connectivity index (χ2n) is 1.09. The maximum absolute atomic E-state index is 10.2. The van der Waals surface area contributed by atoms with Gasteiger partial charge in [-0.25, -0.2) is 4.79 Å². The Morgan fingerprint density at radius 2 is 2.50 bits per heavy atom. The molecular formula is C5H8O3. The smallest absolute Gasteiger partial charge is 0.332 e. The van der Waals surface area contributed by atoms with Crippen LogP contribution in [0.3, 0.4) is 0 Å². The third kappa shape index (κ3) is 3.36. The third-order valence-electron chi connectivity index (χ3n) is 0.510. The summed E-state index contributed by atoms with van der Waals surface area (Å²) in [5, 5.41) is 7.99. The Morgan fingerprint density at radius 1 is 1.88 bits per heavy atom. The molecule has 0 aliphatic rings. The average Bonchev–Trinajstić information content (AvgIpc) is 1.68. The van der Waals surface area contributed by atoms with Crippen molar-refractivity contribution in [3.8, 4) is 0 Å². The SMILES string of the molecule is C/C=C/C(=O)OCO. The number of aliphatic hydroxyl groups excluding tert-OH is 1. The fourth-order valence-electron chi connectivity index (χ4n) is 0.248. The number of carbonyl (C=O) groups is 1. The van der Waals surface area contributed by atoms with Gasteiger partial charge in [0, 0.05) is 6.08 Å². The van der Waals surface area contributed by atoms with Gasteiger partial charge in [-0.1, -0.05) is 6.08 Å². The van der Waals surface area contributed by atoms with E-state index >= 15 is 0 Å². The lowest BCUT2D eigenvalue weighted by atomic mass is 10.5. The summed E-state index contributed by atoms with van der Waals surface area (Å²) in [5.41, 5.74) is 0. The molecule has 0 saturated heterocycles. The van der Waals surface area contributed by atoms with Crippen molar-refractivity contribution < 1.29 is 14.6 Å². The monoisotopic (exact) mass is 116 g/mol. The summed E-state index contributed by atoms with van der Waals surface area (Å²) in [6.45, 7) is 1.14. The Bertz CT molecular complexity index is 95.8. The minimum atomic E-state index is -0.552. The predicted octanol–water partition coefficient (Wildman–Crippen LogP) is 0.0555. The fraction of sp³-hybridized carbons (Fsp3) is 0.400. The molecule has 0 rings (SSSR count). The molecule has 0 unspecified atom stereocenters. The van der Waals surface area contributed by atoms with E-state index in [4.69, 9.17) is 5.11 Å². The van der Waals surface area contributed by atoms with Gasteiger partial charge in [-0.3, -0.25) is 0 Å². The first-order chi connectivity index (χ1) is 3.81. The lowest BCUT2D eigenvalue weighted by Crippen LogP contribution is -2.00. The predicted molar refractivity (Wildman–Crippen MR) is 28.0 cm³/mol. The van der Waals surface area contributed by atoms with Crippen LogP contribution in [0.4, 0.5) is 0 Å². The molecule has 8 heavy (non-hydrogen) atoms. The summed E-state index contributed by atoms with van der Waals surface area (Å²) < 4.78 is 4.11. The highest BCUT2D eigenvalue weighted by atomic mass is 16.6. The molecular weight excluding hydrogens is 108 g/mol. The first kappa shape index (κ1) is 7.17. The van der Waals surface area contributed by atoms with E-state index < -0.39 is 12.8 Å². The Labute approximate surface area is 47.6 Å². The van der Waals surface area contributed by atoms with Crippen molar-refractivity contribution in [3.05, 3.63) is 12.2 Å². The summed E-state index contributed by atoms with van der Waals surface area (Å²) in [5.74, 6) is -0.519. The van der Waals surface area contributed by atoms with Gasteiger partial charge in [-0.2, -0.15) is 0 Å². The minimum Gasteiger partial charge on any atom is -0.436 e. The molecule has 1 N–H and O–H groups in total. The first-order valence-corrected chi connectivity index (χ1v) is 2.21. The summed E-state index contributed by atoms with van der Waals surface area (Å²) in [4.78, 5) is 10.2. The summed E-state index contributed by atoms with van der Waals surface area (Å²) in [6, 6.07) is 0.